The highest BCUT2D eigenvalue weighted by Gasteiger charge is 2.10. The molecule has 0 aliphatic rings. The van der Waals surface area contributed by atoms with Gasteiger partial charge in [0, 0.05) is 22.4 Å². The van der Waals surface area contributed by atoms with Crippen molar-refractivity contribution in [3.63, 3.8) is 0 Å². The fraction of sp³-hybridized carbons (Fsp3) is 0. The van der Waals surface area contributed by atoms with Gasteiger partial charge in [0.2, 0.25) is 0 Å². The third kappa shape index (κ3) is 1.96. The van der Waals surface area contributed by atoms with Gasteiger partial charge in [-0.2, -0.15) is 14.6 Å². The molecule has 1 aromatic carbocycles. The van der Waals surface area contributed by atoms with Crippen molar-refractivity contribution < 1.29 is 0 Å². The van der Waals surface area contributed by atoms with Crippen molar-refractivity contribution in [2.45, 2.75) is 0 Å². The molecule has 108 valence electrons. The summed E-state index contributed by atoms with van der Waals surface area (Å²) in [5, 5.41) is 5.41. The lowest BCUT2D eigenvalue weighted by atomic mass is 10.2. The SMILES string of the molecule is O=c1c2cnc3ncnn3c2ccn1-c1cc(Cl)cc(Cl)c1. The molecule has 0 aliphatic heterocycles. The van der Waals surface area contributed by atoms with E-state index in [1.165, 1.54) is 21.6 Å². The van der Waals surface area contributed by atoms with Crippen LogP contribution in [-0.2, 0) is 0 Å². The van der Waals surface area contributed by atoms with Crippen LogP contribution >= 0.6 is 23.2 Å². The molecule has 3 heterocycles. The van der Waals surface area contributed by atoms with Crippen LogP contribution in [0.2, 0.25) is 10.0 Å². The van der Waals surface area contributed by atoms with Gasteiger partial charge in [-0.3, -0.25) is 9.36 Å². The standard InChI is InChI=1S/C14H7Cl2N5O/c15-8-3-9(16)5-10(4-8)20-2-1-12-11(13(20)22)6-17-14-18-7-19-21(12)14/h1-7H. The third-order valence-corrected chi connectivity index (χ3v) is 3.74. The molecule has 0 atom stereocenters. The zero-order valence-electron chi connectivity index (χ0n) is 10.9. The van der Waals surface area contributed by atoms with E-state index in [1.54, 1.807) is 30.5 Å². The maximum absolute atomic E-state index is 12.7. The smallest absolute Gasteiger partial charge is 0.266 e. The van der Waals surface area contributed by atoms with E-state index in [-0.39, 0.29) is 5.56 Å². The van der Waals surface area contributed by atoms with Crippen LogP contribution in [-0.4, -0.2) is 24.1 Å². The van der Waals surface area contributed by atoms with Crippen LogP contribution in [0, 0.1) is 0 Å². The highest BCUT2D eigenvalue weighted by atomic mass is 35.5. The maximum Gasteiger partial charge on any atom is 0.266 e. The summed E-state index contributed by atoms with van der Waals surface area (Å²) in [6, 6.07) is 6.72. The number of benzene rings is 1. The van der Waals surface area contributed by atoms with Crippen LogP contribution in [0.15, 0.2) is 47.8 Å². The number of rotatable bonds is 1. The fourth-order valence-corrected chi connectivity index (χ4v) is 2.86. The van der Waals surface area contributed by atoms with E-state index in [2.05, 4.69) is 15.1 Å². The molecule has 0 unspecified atom stereocenters. The number of hydrogen-bond acceptors (Lipinski definition) is 4. The number of fused-ring (bicyclic) bond motifs is 3. The monoisotopic (exact) mass is 331 g/mol. The Bertz CT molecular complexity index is 1070. The fourth-order valence-electron chi connectivity index (χ4n) is 2.35. The lowest BCUT2D eigenvalue weighted by Crippen LogP contribution is -2.18. The average Bonchev–Trinajstić information content (AvgIpc) is 2.95. The molecule has 4 rings (SSSR count). The molecule has 3 aromatic heterocycles. The van der Waals surface area contributed by atoms with Crippen LogP contribution in [0.5, 0.6) is 0 Å². The van der Waals surface area contributed by atoms with Gasteiger partial charge < -0.3 is 0 Å². The van der Waals surface area contributed by atoms with Gasteiger partial charge in [-0.25, -0.2) is 4.98 Å². The van der Waals surface area contributed by atoms with Gasteiger partial charge in [0.25, 0.3) is 11.3 Å². The molecule has 0 aliphatic carbocycles. The molecule has 0 radical (unpaired) electrons. The molecule has 0 saturated heterocycles. The zero-order chi connectivity index (χ0) is 15.3. The van der Waals surface area contributed by atoms with Gasteiger partial charge in [0.15, 0.2) is 0 Å². The van der Waals surface area contributed by atoms with Gasteiger partial charge in [-0.15, -0.1) is 0 Å². The Hall–Kier alpha value is -2.44. The van der Waals surface area contributed by atoms with Crippen LogP contribution in [0.4, 0.5) is 0 Å². The Balaban J connectivity index is 2.06. The molecule has 0 saturated carbocycles. The Kier molecular flexibility index (Phi) is 2.88. The quantitative estimate of drug-likeness (QED) is 0.538. The van der Waals surface area contributed by atoms with Crippen molar-refractivity contribution >= 4 is 39.9 Å². The van der Waals surface area contributed by atoms with Crippen molar-refractivity contribution in [2.24, 2.45) is 0 Å². The molecule has 22 heavy (non-hydrogen) atoms. The predicted molar refractivity (Wildman–Crippen MR) is 83.9 cm³/mol. The Morgan fingerprint density at radius 3 is 2.59 bits per heavy atom. The van der Waals surface area contributed by atoms with Crippen LogP contribution in [0.1, 0.15) is 0 Å². The van der Waals surface area contributed by atoms with Crippen LogP contribution in [0.25, 0.3) is 22.4 Å². The first-order chi connectivity index (χ1) is 10.6. The zero-order valence-corrected chi connectivity index (χ0v) is 12.5. The van der Waals surface area contributed by atoms with Crippen LogP contribution in [0.3, 0.4) is 0 Å². The summed E-state index contributed by atoms with van der Waals surface area (Å²) in [5.74, 6) is 0.440. The van der Waals surface area contributed by atoms with Crippen molar-refractivity contribution in [1.82, 2.24) is 24.1 Å². The van der Waals surface area contributed by atoms with Gasteiger partial charge in [0.1, 0.15) is 6.33 Å². The second kappa shape index (κ2) is 4.79. The third-order valence-electron chi connectivity index (χ3n) is 3.30. The van der Waals surface area contributed by atoms with E-state index in [9.17, 15) is 4.79 Å². The summed E-state index contributed by atoms with van der Waals surface area (Å²) < 4.78 is 2.98. The number of pyridine rings is 1. The predicted octanol–water partition coefficient (Wildman–Crippen LogP) is 2.74. The minimum absolute atomic E-state index is 0.235. The molecular weight excluding hydrogens is 325 g/mol. The van der Waals surface area contributed by atoms with E-state index >= 15 is 0 Å². The van der Waals surface area contributed by atoms with E-state index in [1.807, 2.05) is 0 Å². The normalized spacial score (nSPS) is 11.4. The van der Waals surface area contributed by atoms with Gasteiger partial charge >= 0.3 is 0 Å². The summed E-state index contributed by atoms with van der Waals surface area (Å²) >= 11 is 12.0. The molecule has 0 amide bonds. The molecule has 0 fully saturated rings. The second-order valence-corrected chi connectivity index (χ2v) is 5.52. The first-order valence-corrected chi connectivity index (χ1v) is 7.06. The average molecular weight is 332 g/mol. The highest BCUT2D eigenvalue weighted by Crippen LogP contribution is 2.21. The largest absolute Gasteiger partial charge is 0.284 e. The molecule has 6 nitrogen and oxygen atoms in total. The van der Waals surface area contributed by atoms with E-state index < -0.39 is 0 Å². The van der Waals surface area contributed by atoms with E-state index in [0.29, 0.717) is 32.4 Å². The van der Waals surface area contributed by atoms with E-state index in [4.69, 9.17) is 23.2 Å². The Labute approximate surface area is 133 Å². The summed E-state index contributed by atoms with van der Waals surface area (Å²) in [4.78, 5) is 20.8. The molecule has 0 N–H and O–H groups in total. The topological polar surface area (TPSA) is 65.1 Å². The summed E-state index contributed by atoms with van der Waals surface area (Å²) in [5.41, 5.74) is 0.987. The molecular formula is C14H7Cl2N5O. The van der Waals surface area contributed by atoms with Crippen LogP contribution < -0.4 is 5.56 Å². The van der Waals surface area contributed by atoms with E-state index in [0.717, 1.165) is 0 Å². The van der Waals surface area contributed by atoms with Crippen molar-refractivity contribution in [3.05, 3.63) is 63.4 Å². The maximum atomic E-state index is 12.7. The first kappa shape index (κ1) is 13.2. The minimum atomic E-state index is -0.235. The lowest BCUT2D eigenvalue weighted by Gasteiger charge is -2.08. The number of aromatic nitrogens is 5. The number of halogens is 2. The number of hydrogen-bond donors (Lipinski definition) is 0. The molecule has 0 spiro atoms. The van der Waals surface area contributed by atoms with Gasteiger partial charge in [-0.05, 0) is 24.3 Å². The molecule has 8 heteroatoms. The second-order valence-electron chi connectivity index (χ2n) is 4.65. The Morgan fingerprint density at radius 1 is 1.05 bits per heavy atom. The summed E-state index contributed by atoms with van der Waals surface area (Å²) in [6.45, 7) is 0. The van der Waals surface area contributed by atoms with Crippen molar-refractivity contribution in [2.75, 3.05) is 0 Å². The summed E-state index contributed by atoms with van der Waals surface area (Å²) in [7, 11) is 0. The number of nitrogens with zero attached hydrogens (tertiary/aromatic N) is 5. The van der Waals surface area contributed by atoms with Crippen molar-refractivity contribution in [3.8, 4) is 5.69 Å². The minimum Gasteiger partial charge on any atom is -0.284 e. The Morgan fingerprint density at radius 2 is 1.82 bits per heavy atom. The van der Waals surface area contributed by atoms with Gasteiger partial charge in [0.05, 0.1) is 16.6 Å². The molecule has 0 bridgehead atoms. The van der Waals surface area contributed by atoms with Gasteiger partial charge in [-0.1, -0.05) is 23.2 Å². The highest BCUT2D eigenvalue weighted by molar-refractivity contribution is 6.34. The lowest BCUT2D eigenvalue weighted by molar-refractivity contribution is 0.958. The van der Waals surface area contributed by atoms with Crippen molar-refractivity contribution in [1.29, 1.82) is 0 Å². The molecule has 4 aromatic rings. The first-order valence-electron chi connectivity index (χ1n) is 6.30. The summed E-state index contributed by atoms with van der Waals surface area (Å²) in [6.07, 6.45) is 4.53.